The molecule has 1 saturated carbocycles. The van der Waals surface area contributed by atoms with E-state index < -0.39 is 5.97 Å². The van der Waals surface area contributed by atoms with E-state index in [1.807, 2.05) is 30.3 Å². The highest BCUT2D eigenvalue weighted by Gasteiger charge is 2.28. The van der Waals surface area contributed by atoms with Gasteiger partial charge in [-0.3, -0.25) is 4.79 Å². The van der Waals surface area contributed by atoms with E-state index in [0.29, 0.717) is 49.5 Å². The fourth-order valence-electron chi connectivity index (χ4n) is 4.74. The maximum Gasteiger partial charge on any atom is 0.410 e. The fourth-order valence-corrected chi connectivity index (χ4v) is 4.74. The average molecular weight is 482 g/mol. The van der Waals surface area contributed by atoms with Gasteiger partial charge in [0.1, 0.15) is 11.9 Å². The second kappa shape index (κ2) is 11.1. The molecule has 186 valence electrons. The van der Waals surface area contributed by atoms with Crippen molar-refractivity contribution in [2.24, 2.45) is 5.92 Å². The number of ether oxygens (including phenoxy) is 2. The van der Waals surface area contributed by atoms with Crippen LogP contribution < -0.4 is 15.4 Å². The Kier molecular flexibility index (Phi) is 7.74. The number of amides is 3. The summed E-state index contributed by atoms with van der Waals surface area (Å²) in [6.45, 7) is 0.993. The van der Waals surface area contributed by atoms with Gasteiger partial charge in [-0.15, -0.1) is 0 Å². The van der Waals surface area contributed by atoms with Crippen LogP contribution in [0.5, 0.6) is 5.75 Å². The summed E-state index contributed by atoms with van der Waals surface area (Å²) >= 11 is 0. The molecular formula is C26H31N3O6. The van der Waals surface area contributed by atoms with Crippen LogP contribution in [0.2, 0.25) is 0 Å². The number of carbonyl (C=O) groups is 3. The Morgan fingerprint density at radius 3 is 2.54 bits per heavy atom. The van der Waals surface area contributed by atoms with E-state index in [0.717, 1.165) is 24.0 Å². The minimum atomic E-state index is -0.771. The number of hydrogen-bond acceptors (Lipinski definition) is 5. The first-order chi connectivity index (χ1) is 16.9. The number of hydrogen-bond donors (Lipinski definition) is 3. The van der Waals surface area contributed by atoms with Crippen molar-refractivity contribution < 1.29 is 29.0 Å². The van der Waals surface area contributed by atoms with E-state index in [2.05, 4.69) is 10.6 Å². The lowest BCUT2D eigenvalue weighted by molar-refractivity contribution is -0.138. The van der Waals surface area contributed by atoms with E-state index in [9.17, 15) is 14.4 Å². The first-order valence-electron chi connectivity index (χ1n) is 11.9. The van der Waals surface area contributed by atoms with Crippen LogP contribution in [0.1, 0.15) is 43.2 Å². The summed E-state index contributed by atoms with van der Waals surface area (Å²) in [4.78, 5) is 37.7. The summed E-state index contributed by atoms with van der Waals surface area (Å²) in [5.74, 6) is -0.0230. The Morgan fingerprint density at radius 1 is 1.03 bits per heavy atom. The van der Waals surface area contributed by atoms with Crippen molar-refractivity contribution in [2.45, 2.75) is 51.2 Å². The molecule has 0 unspecified atom stereocenters. The third kappa shape index (κ3) is 6.44. The van der Waals surface area contributed by atoms with Crippen LogP contribution in [-0.2, 0) is 22.5 Å². The summed E-state index contributed by atoms with van der Waals surface area (Å²) in [5, 5.41) is 14.6. The van der Waals surface area contributed by atoms with Crippen LogP contribution in [0.4, 0.5) is 21.0 Å². The van der Waals surface area contributed by atoms with Gasteiger partial charge in [-0.2, -0.15) is 0 Å². The molecule has 0 saturated heterocycles. The van der Waals surface area contributed by atoms with Crippen molar-refractivity contribution in [2.75, 3.05) is 24.3 Å². The lowest BCUT2D eigenvalue weighted by Gasteiger charge is -2.32. The SMILES string of the molecule is COc1ccccc1NC(=O)Nc1ccc2c(c1)CCN(C(=O)O[C@H]1CC[C@H](CC(=O)O)CC1)C2. The number of carbonyl (C=O) groups excluding carboxylic acids is 2. The number of methoxy groups -OCH3 is 1. The van der Waals surface area contributed by atoms with Crippen molar-refractivity contribution in [3.8, 4) is 5.75 Å². The monoisotopic (exact) mass is 481 g/mol. The van der Waals surface area contributed by atoms with Crippen LogP contribution in [0, 0.1) is 5.92 Å². The normalized spacial score (nSPS) is 19.3. The van der Waals surface area contributed by atoms with E-state index in [4.69, 9.17) is 14.6 Å². The number of aliphatic carboxylic acids is 1. The number of nitrogens with one attached hydrogen (secondary N) is 2. The molecule has 3 amide bonds. The molecule has 1 aliphatic heterocycles. The van der Waals surface area contributed by atoms with Crippen molar-refractivity contribution in [1.29, 1.82) is 0 Å². The molecule has 0 bridgehead atoms. The predicted octanol–water partition coefficient (Wildman–Crippen LogP) is 4.87. The molecule has 9 heteroatoms. The highest BCUT2D eigenvalue weighted by Crippen LogP contribution is 2.30. The number of carboxylic acids is 1. The van der Waals surface area contributed by atoms with Gasteiger partial charge in [0.2, 0.25) is 0 Å². The Morgan fingerprint density at radius 2 is 1.80 bits per heavy atom. The van der Waals surface area contributed by atoms with Gasteiger partial charge in [0.15, 0.2) is 0 Å². The number of para-hydroxylation sites is 2. The maximum atomic E-state index is 12.7. The third-order valence-corrected chi connectivity index (χ3v) is 6.61. The summed E-state index contributed by atoms with van der Waals surface area (Å²) in [6, 6.07) is 12.5. The van der Waals surface area contributed by atoms with E-state index >= 15 is 0 Å². The molecule has 0 atom stereocenters. The fraction of sp³-hybridized carbons (Fsp3) is 0.423. The molecule has 2 aromatic rings. The molecule has 2 aromatic carbocycles. The van der Waals surface area contributed by atoms with Gasteiger partial charge in [-0.1, -0.05) is 18.2 Å². The summed E-state index contributed by atoms with van der Waals surface area (Å²) in [5.41, 5.74) is 3.35. The molecule has 1 aliphatic carbocycles. The first kappa shape index (κ1) is 24.4. The van der Waals surface area contributed by atoms with Crippen LogP contribution in [0.15, 0.2) is 42.5 Å². The minimum Gasteiger partial charge on any atom is -0.495 e. The summed E-state index contributed by atoms with van der Waals surface area (Å²) < 4.78 is 11.0. The second-order valence-corrected chi connectivity index (χ2v) is 9.06. The van der Waals surface area contributed by atoms with Gasteiger partial charge < -0.3 is 30.1 Å². The van der Waals surface area contributed by atoms with Crippen LogP contribution in [0.3, 0.4) is 0 Å². The molecule has 2 aliphatic rings. The zero-order valence-electron chi connectivity index (χ0n) is 19.8. The van der Waals surface area contributed by atoms with E-state index in [1.54, 1.807) is 24.1 Å². The average Bonchev–Trinajstić information content (AvgIpc) is 2.85. The quantitative estimate of drug-likeness (QED) is 0.542. The van der Waals surface area contributed by atoms with Gasteiger partial charge >= 0.3 is 18.1 Å². The highest BCUT2D eigenvalue weighted by molar-refractivity contribution is 6.00. The molecule has 1 heterocycles. The zero-order chi connectivity index (χ0) is 24.8. The van der Waals surface area contributed by atoms with Crippen molar-refractivity contribution in [1.82, 2.24) is 4.90 Å². The number of nitrogens with zero attached hydrogens (tertiary/aromatic N) is 1. The minimum absolute atomic E-state index is 0.151. The van der Waals surface area contributed by atoms with E-state index in [-0.39, 0.29) is 30.6 Å². The van der Waals surface area contributed by atoms with Gasteiger partial charge in [-0.05, 0) is 73.4 Å². The molecule has 0 spiro atoms. The lowest BCUT2D eigenvalue weighted by atomic mass is 9.85. The summed E-state index contributed by atoms with van der Waals surface area (Å²) in [7, 11) is 1.55. The number of fused-ring (bicyclic) bond motifs is 1. The molecule has 1 fully saturated rings. The summed E-state index contributed by atoms with van der Waals surface area (Å²) in [6.07, 6.45) is 3.33. The smallest absolute Gasteiger partial charge is 0.410 e. The third-order valence-electron chi connectivity index (χ3n) is 6.61. The Labute approximate surface area is 204 Å². The zero-order valence-corrected chi connectivity index (χ0v) is 19.8. The standard InChI is InChI=1S/C26H31N3O6/c1-34-23-5-3-2-4-22(23)28-25(32)27-20-9-8-19-16-29(13-12-18(19)15-20)26(33)35-21-10-6-17(7-11-21)14-24(30)31/h2-5,8-9,15,17,21H,6-7,10-14,16H2,1H3,(H,30,31)(H2,27,28,32)/t17-,21-. The van der Waals surface area contributed by atoms with Crippen LogP contribution in [0.25, 0.3) is 0 Å². The van der Waals surface area contributed by atoms with Gasteiger partial charge in [0.25, 0.3) is 0 Å². The van der Waals surface area contributed by atoms with Crippen molar-refractivity contribution in [3.05, 3.63) is 53.6 Å². The van der Waals surface area contributed by atoms with Crippen molar-refractivity contribution in [3.63, 3.8) is 0 Å². The number of urea groups is 1. The number of rotatable bonds is 6. The molecule has 35 heavy (non-hydrogen) atoms. The van der Waals surface area contributed by atoms with Crippen LogP contribution in [-0.4, -0.2) is 47.9 Å². The Balaban J connectivity index is 1.28. The Bertz CT molecular complexity index is 1080. The topological polar surface area (TPSA) is 117 Å². The van der Waals surface area contributed by atoms with Crippen LogP contribution >= 0.6 is 0 Å². The molecule has 0 aromatic heterocycles. The Hall–Kier alpha value is -3.75. The molecule has 0 radical (unpaired) electrons. The van der Waals surface area contributed by atoms with Gasteiger partial charge in [0, 0.05) is 25.2 Å². The lowest BCUT2D eigenvalue weighted by Crippen LogP contribution is -2.39. The largest absolute Gasteiger partial charge is 0.495 e. The van der Waals surface area contributed by atoms with Gasteiger partial charge in [-0.25, -0.2) is 9.59 Å². The van der Waals surface area contributed by atoms with E-state index in [1.165, 1.54) is 0 Å². The number of benzene rings is 2. The molecule has 4 rings (SSSR count). The molecular weight excluding hydrogens is 450 g/mol. The maximum absolute atomic E-state index is 12.7. The number of carboxylic acid groups (broad SMARTS) is 1. The first-order valence-corrected chi connectivity index (χ1v) is 11.9. The molecule has 3 N–H and O–H groups in total. The predicted molar refractivity (Wildman–Crippen MR) is 131 cm³/mol. The van der Waals surface area contributed by atoms with Crippen molar-refractivity contribution >= 4 is 29.5 Å². The number of anilines is 2. The molecule has 9 nitrogen and oxygen atoms in total. The highest BCUT2D eigenvalue weighted by atomic mass is 16.6. The second-order valence-electron chi connectivity index (χ2n) is 9.06. The van der Waals surface area contributed by atoms with Gasteiger partial charge in [0.05, 0.1) is 12.8 Å².